The summed E-state index contributed by atoms with van der Waals surface area (Å²) >= 11 is 24.7. The molecule has 1 aromatic heterocycles. The Kier molecular flexibility index (Phi) is 7.07. The summed E-state index contributed by atoms with van der Waals surface area (Å²) in [7, 11) is 0. The van der Waals surface area contributed by atoms with Crippen molar-refractivity contribution < 1.29 is 0 Å². The first kappa shape index (κ1) is 22.3. The molecule has 0 saturated heterocycles. The molecule has 160 valence electrons. The first-order valence-electron chi connectivity index (χ1n) is 9.26. The van der Waals surface area contributed by atoms with E-state index in [9.17, 15) is 0 Å². The van der Waals surface area contributed by atoms with Crippen LogP contribution in [-0.2, 0) is 0 Å². The number of rotatable bonds is 6. The van der Waals surface area contributed by atoms with Crippen molar-refractivity contribution in [1.29, 1.82) is 0 Å². The maximum atomic E-state index is 6.17. The second kappa shape index (κ2) is 10.1. The molecule has 0 aliphatic carbocycles. The number of hydrogen-bond acceptors (Lipinski definition) is 6. The zero-order valence-electron chi connectivity index (χ0n) is 16.2. The molecule has 4 aromatic rings. The van der Waals surface area contributed by atoms with E-state index < -0.39 is 0 Å². The predicted molar refractivity (Wildman–Crippen MR) is 135 cm³/mol. The van der Waals surface area contributed by atoms with E-state index in [1.807, 2.05) is 24.3 Å². The maximum absolute atomic E-state index is 6.17. The van der Waals surface area contributed by atoms with Crippen LogP contribution in [0.15, 0.2) is 70.9 Å². The average molecular weight is 504 g/mol. The van der Waals surface area contributed by atoms with Gasteiger partial charge in [-0.15, -0.1) is 10.2 Å². The summed E-state index contributed by atoms with van der Waals surface area (Å²) in [6.07, 6.45) is 3.07. The van der Waals surface area contributed by atoms with Gasteiger partial charge in [-0.3, -0.25) is 10.9 Å². The van der Waals surface area contributed by atoms with Crippen molar-refractivity contribution in [3.05, 3.63) is 91.9 Å². The summed E-state index contributed by atoms with van der Waals surface area (Å²) in [5.41, 5.74) is 6.99. The van der Waals surface area contributed by atoms with Gasteiger partial charge in [-0.2, -0.15) is 10.2 Å². The zero-order valence-corrected chi connectivity index (χ0v) is 19.3. The van der Waals surface area contributed by atoms with Crippen molar-refractivity contribution in [3.8, 4) is 0 Å². The number of halogens is 4. The molecule has 0 aliphatic rings. The Morgan fingerprint density at radius 3 is 1.31 bits per heavy atom. The summed E-state index contributed by atoms with van der Waals surface area (Å²) in [6.45, 7) is 0. The van der Waals surface area contributed by atoms with E-state index in [1.54, 1.807) is 36.4 Å². The van der Waals surface area contributed by atoms with E-state index in [-0.39, 0.29) is 0 Å². The fourth-order valence-electron chi connectivity index (χ4n) is 2.85. The van der Waals surface area contributed by atoms with Gasteiger partial charge in [0.25, 0.3) is 0 Å². The number of hydrogen-bond donors (Lipinski definition) is 2. The van der Waals surface area contributed by atoms with Crippen LogP contribution in [0.5, 0.6) is 0 Å². The van der Waals surface area contributed by atoms with Gasteiger partial charge in [-0.25, -0.2) is 0 Å². The van der Waals surface area contributed by atoms with Gasteiger partial charge >= 0.3 is 0 Å². The standard InChI is InChI=1S/C22H14Cl4N6/c23-17-7-3-8-18(24)15(17)11-27-29-21-13-5-1-2-6-14(13)22(32-31-21)30-28-12-16-19(25)9-4-10-20(16)26/h1-12H,(H,29,31)(H,30,32)/b27-11+,28-12+. The molecule has 6 nitrogen and oxygen atoms in total. The highest BCUT2D eigenvalue weighted by atomic mass is 35.5. The number of hydrazone groups is 2. The fourth-order valence-corrected chi connectivity index (χ4v) is 3.84. The van der Waals surface area contributed by atoms with E-state index in [2.05, 4.69) is 31.3 Å². The molecule has 32 heavy (non-hydrogen) atoms. The van der Waals surface area contributed by atoms with Crippen LogP contribution < -0.4 is 10.9 Å². The number of nitrogens with zero attached hydrogens (tertiary/aromatic N) is 4. The fraction of sp³-hybridized carbons (Fsp3) is 0. The minimum Gasteiger partial charge on any atom is -0.259 e. The lowest BCUT2D eigenvalue weighted by molar-refractivity contribution is 1.03. The minimum absolute atomic E-state index is 0.462. The monoisotopic (exact) mass is 502 g/mol. The number of fused-ring (bicyclic) bond motifs is 1. The highest BCUT2D eigenvalue weighted by Crippen LogP contribution is 2.27. The molecule has 3 aromatic carbocycles. The van der Waals surface area contributed by atoms with Crippen LogP contribution in [-0.4, -0.2) is 22.6 Å². The molecule has 0 spiro atoms. The Labute approximate surface area is 203 Å². The summed E-state index contributed by atoms with van der Waals surface area (Å²) < 4.78 is 0. The molecule has 0 unspecified atom stereocenters. The molecule has 1 heterocycles. The van der Waals surface area contributed by atoms with Gasteiger partial charge in [0, 0.05) is 21.9 Å². The molecular weight excluding hydrogens is 490 g/mol. The van der Waals surface area contributed by atoms with E-state index in [1.165, 1.54) is 12.4 Å². The van der Waals surface area contributed by atoms with Gasteiger partial charge in [0.2, 0.25) is 0 Å². The Morgan fingerprint density at radius 2 is 0.938 bits per heavy atom. The molecule has 0 atom stereocenters. The number of anilines is 2. The van der Waals surface area contributed by atoms with Gasteiger partial charge in [0.05, 0.1) is 32.5 Å². The van der Waals surface area contributed by atoms with Gasteiger partial charge in [0.1, 0.15) is 0 Å². The lowest BCUT2D eigenvalue weighted by Crippen LogP contribution is -2.02. The first-order valence-corrected chi connectivity index (χ1v) is 10.8. The van der Waals surface area contributed by atoms with Crippen molar-refractivity contribution in [2.24, 2.45) is 10.2 Å². The van der Waals surface area contributed by atoms with E-state index in [0.717, 1.165) is 10.8 Å². The van der Waals surface area contributed by atoms with Crippen LogP contribution in [0.1, 0.15) is 11.1 Å². The lowest BCUT2D eigenvalue weighted by atomic mass is 10.2. The molecule has 0 fully saturated rings. The van der Waals surface area contributed by atoms with Crippen LogP contribution in [0.3, 0.4) is 0 Å². The van der Waals surface area contributed by atoms with Crippen molar-refractivity contribution in [2.45, 2.75) is 0 Å². The molecule has 0 aliphatic heterocycles. The van der Waals surface area contributed by atoms with Crippen molar-refractivity contribution >= 4 is 81.2 Å². The predicted octanol–water partition coefficient (Wildman–Crippen LogP) is 7.14. The molecular formula is C22H14Cl4N6. The Bertz CT molecular complexity index is 1200. The van der Waals surface area contributed by atoms with E-state index in [4.69, 9.17) is 46.4 Å². The Morgan fingerprint density at radius 1 is 0.562 bits per heavy atom. The molecule has 2 N–H and O–H groups in total. The molecule has 0 bridgehead atoms. The second-order valence-electron chi connectivity index (χ2n) is 6.45. The number of nitrogens with one attached hydrogen (secondary N) is 2. The third-order valence-corrected chi connectivity index (χ3v) is 5.73. The van der Waals surface area contributed by atoms with Gasteiger partial charge in [-0.05, 0) is 24.3 Å². The van der Waals surface area contributed by atoms with Crippen LogP contribution in [0.2, 0.25) is 20.1 Å². The lowest BCUT2D eigenvalue weighted by Gasteiger charge is -2.08. The summed E-state index contributed by atoms with van der Waals surface area (Å²) in [5.74, 6) is 0.924. The third-order valence-electron chi connectivity index (χ3n) is 4.41. The molecule has 0 amide bonds. The van der Waals surface area contributed by atoms with E-state index >= 15 is 0 Å². The smallest absolute Gasteiger partial charge is 0.176 e. The van der Waals surface area contributed by atoms with Crippen LogP contribution in [0.25, 0.3) is 10.8 Å². The Balaban J connectivity index is 1.58. The van der Waals surface area contributed by atoms with Crippen LogP contribution in [0, 0.1) is 0 Å². The molecule has 0 saturated carbocycles. The molecule has 4 rings (SSSR count). The summed E-state index contributed by atoms with van der Waals surface area (Å²) in [4.78, 5) is 0. The zero-order chi connectivity index (χ0) is 22.5. The van der Waals surface area contributed by atoms with Gasteiger partial charge in [-0.1, -0.05) is 82.8 Å². The average Bonchev–Trinajstić information content (AvgIpc) is 2.78. The van der Waals surface area contributed by atoms with E-state index in [0.29, 0.717) is 42.9 Å². The summed E-state index contributed by atoms with van der Waals surface area (Å²) in [6, 6.07) is 18.0. The van der Waals surface area contributed by atoms with Gasteiger partial charge in [0.15, 0.2) is 11.6 Å². The first-order chi connectivity index (χ1) is 15.5. The SMILES string of the molecule is Clc1cccc(Cl)c1/C=N/Nc1nnc(N/N=C/c2c(Cl)cccc2Cl)c2ccccc12. The topological polar surface area (TPSA) is 74.6 Å². The second-order valence-corrected chi connectivity index (χ2v) is 8.08. The Hall–Kier alpha value is -2.90. The quantitative estimate of drug-likeness (QED) is 0.216. The maximum Gasteiger partial charge on any atom is 0.176 e. The van der Waals surface area contributed by atoms with Crippen molar-refractivity contribution in [2.75, 3.05) is 10.9 Å². The van der Waals surface area contributed by atoms with Crippen molar-refractivity contribution in [3.63, 3.8) is 0 Å². The van der Waals surface area contributed by atoms with Crippen molar-refractivity contribution in [1.82, 2.24) is 10.2 Å². The number of benzene rings is 3. The highest BCUT2D eigenvalue weighted by Gasteiger charge is 2.09. The normalized spacial score (nSPS) is 11.5. The largest absolute Gasteiger partial charge is 0.259 e. The minimum atomic E-state index is 0.462. The van der Waals surface area contributed by atoms with Gasteiger partial charge < -0.3 is 0 Å². The van der Waals surface area contributed by atoms with Crippen LogP contribution >= 0.6 is 46.4 Å². The third kappa shape index (κ3) is 4.95. The van der Waals surface area contributed by atoms with Crippen LogP contribution in [0.4, 0.5) is 11.6 Å². The molecule has 0 radical (unpaired) electrons. The highest BCUT2D eigenvalue weighted by molar-refractivity contribution is 6.39. The molecule has 10 heteroatoms. The summed E-state index contributed by atoms with van der Waals surface area (Å²) in [5, 5.41) is 20.4. The number of aromatic nitrogens is 2.